The van der Waals surface area contributed by atoms with Gasteiger partial charge < -0.3 is 10.0 Å². The van der Waals surface area contributed by atoms with E-state index in [0.717, 1.165) is 19.6 Å². The molecule has 0 saturated heterocycles. The Kier molecular flexibility index (Phi) is 9.57. The van der Waals surface area contributed by atoms with E-state index in [1.165, 1.54) is 17.9 Å². The van der Waals surface area contributed by atoms with Gasteiger partial charge in [0.2, 0.25) is 0 Å². The van der Waals surface area contributed by atoms with Gasteiger partial charge in [-0.1, -0.05) is 13.8 Å². The summed E-state index contributed by atoms with van der Waals surface area (Å²) in [4.78, 5) is 2.29. The van der Waals surface area contributed by atoms with Crippen molar-refractivity contribution in [2.24, 2.45) is 0 Å². The summed E-state index contributed by atoms with van der Waals surface area (Å²) in [5.74, 6) is 2.46. The fourth-order valence-electron chi connectivity index (χ4n) is 1.10. The van der Waals surface area contributed by atoms with E-state index in [-0.39, 0.29) is 6.61 Å². The van der Waals surface area contributed by atoms with Gasteiger partial charge in [-0.25, -0.2) is 0 Å². The first-order chi connectivity index (χ1) is 5.85. The van der Waals surface area contributed by atoms with Crippen molar-refractivity contribution < 1.29 is 5.11 Å². The maximum Gasteiger partial charge on any atom is 0.0558 e. The van der Waals surface area contributed by atoms with Crippen LogP contribution in [0.2, 0.25) is 0 Å². The molecule has 0 radical (unpaired) electrons. The molecular formula is C9H21NOS. The van der Waals surface area contributed by atoms with Crippen molar-refractivity contribution in [3.05, 3.63) is 0 Å². The number of rotatable bonds is 8. The lowest BCUT2D eigenvalue weighted by Crippen LogP contribution is -2.27. The summed E-state index contributed by atoms with van der Waals surface area (Å²) in [6.07, 6.45) is 1.24. The van der Waals surface area contributed by atoms with Crippen molar-refractivity contribution >= 4 is 11.8 Å². The molecule has 2 nitrogen and oxygen atoms in total. The lowest BCUT2D eigenvalue weighted by atomic mass is 10.4. The summed E-state index contributed by atoms with van der Waals surface area (Å²) in [7, 11) is 0. The van der Waals surface area contributed by atoms with Crippen LogP contribution in [0, 0.1) is 0 Å². The van der Waals surface area contributed by atoms with E-state index in [1.54, 1.807) is 0 Å². The van der Waals surface area contributed by atoms with Gasteiger partial charge >= 0.3 is 0 Å². The molecule has 0 atom stereocenters. The first-order valence-electron chi connectivity index (χ1n) is 4.76. The summed E-state index contributed by atoms with van der Waals surface area (Å²) in [5, 5.41) is 8.72. The topological polar surface area (TPSA) is 23.5 Å². The number of hydrogen-bond acceptors (Lipinski definition) is 3. The number of hydrogen-bond donors (Lipinski definition) is 1. The Morgan fingerprint density at radius 2 is 2.00 bits per heavy atom. The highest BCUT2D eigenvalue weighted by Crippen LogP contribution is 2.01. The summed E-state index contributed by atoms with van der Waals surface area (Å²) in [6, 6.07) is 0. The molecule has 0 bridgehead atoms. The number of aliphatic hydroxyl groups is 1. The molecule has 0 amide bonds. The van der Waals surface area contributed by atoms with Crippen LogP contribution in [0.3, 0.4) is 0 Å². The normalized spacial score (nSPS) is 11.0. The van der Waals surface area contributed by atoms with Crippen molar-refractivity contribution in [1.82, 2.24) is 4.90 Å². The third-order valence-electron chi connectivity index (χ3n) is 1.83. The van der Waals surface area contributed by atoms with Crippen LogP contribution in [-0.4, -0.2) is 47.8 Å². The Labute approximate surface area is 80.3 Å². The Bertz CT molecular complexity index is 90.6. The predicted molar refractivity (Wildman–Crippen MR) is 56.8 cm³/mol. The molecule has 0 heterocycles. The lowest BCUT2D eigenvalue weighted by molar-refractivity contribution is 0.202. The summed E-state index contributed by atoms with van der Waals surface area (Å²) >= 11 is 1.99. The van der Waals surface area contributed by atoms with Crippen LogP contribution in [0.25, 0.3) is 0 Å². The van der Waals surface area contributed by atoms with Crippen molar-refractivity contribution in [2.45, 2.75) is 20.3 Å². The molecule has 3 heteroatoms. The number of nitrogens with zero attached hydrogens (tertiary/aromatic N) is 1. The Hall–Kier alpha value is 0.270. The molecule has 0 aromatic carbocycles. The zero-order valence-corrected chi connectivity index (χ0v) is 9.07. The molecule has 0 aliphatic carbocycles. The minimum Gasteiger partial charge on any atom is -0.395 e. The van der Waals surface area contributed by atoms with Crippen LogP contribution in [0.5, 0.6) is 0 Å². The molecule has 0 unspecified atom stereocenters. The van der Waals surface area contributed by atoms with Gasteiger partial charge in [0.05, 0.1) is 6.61 Å². The monoisotopic (exact) mass is 191 g/mol. The Balaban J connectivity index is 3.19. The lowest BCUT2D eigenvalue weighted by Gasteiger charge is -2.18. The number of thioether (sulfide) groups is 1. The predicted octanol–water partition coefficient (Wildman–Crippen LogP) is 1.44. The van der Waals surface area contributed by atoms with Gasteiger partial charge in [0.1, 0.15) is 0 Å². The molecule has 0 aliphatic heterocycles. The second kappa shape index (κ2) is 9.36. The van der Waals surface area contributed by atoms with Crippen molar-refractivity contribution in [3.8, 4) is 0 Å². The summed E-state index contributed by atoms with van der Waals surface area (Å²) in [6.45, 7) is 7.63. The van der Waals surface area contributed by atoms with Gasteiger partial charge in [-0.3, -0.25) is 0 Å². The van der Waals surface area contributed by atoms with E-state index >= 15 is 0 Å². The molecule has 0 fully saturated rings. The van der Waals surface area contributed by atoms with Gasteiger partial charge in [0.25, 0.3) is 0 Å². The molecule has 0 saturated carbocycles. The van der Waals surface area contributed by atoms with E-state index in [9.17, 15) is 0 Å². The smallest absolute Gasteiger partial charge is 0.0558 e. The molecule has 0 aromatic heterocycles. The Morgan fingerprint density at radius 3 is 2.50 bits per heavy atom. The molecule has 1 N–H and O–H groups in total. The SMILES string of the molecule is CCSCCCN(CC)CCO. The molecule has 0 aromatic rings. The van der Waals surface area contributed by atoms with Gasteiger partial charge in [-0.2, -0.15) is 11.8 Å². The highest BCUT2D eigenvalue weighted by atomic mass is 32.2. The first-order valence-corrected chi connectivity index (χ1v) is 5.91. The zero-order valence-electron chi connectivity index (χ0n) is 8.25. The highest BCUT2D eigenvalue weighted by molar-refractivity contribution is 7.99. The molecular weight excluding hydrogens is 170 g/mol. The standard InChI is InChI=1S/C9H21NOS/c1-3-10(7-8-11)6-5-9-12-4-2/h11H,3-9H2,1-2H3. The zero-order chi connectivity index (χ0) is 9.23. The van der Waals surface area contributed by atoms with Gasteiger partial charge in [-0.05, 0) is 31.0 Å². The van der Waals surface area contributed by atoms with Crippen LogP contribution >= 0.6 is 11.8 Å². The minimum atomic E-state index is 0.286. The molecule has 0 rings (SSSR count). The van der Waals surface area contributed by atoms with Crippen LogP contribution in [0.1, 0.15) is 20.3 Å². The first kappa shape index (κ1) is 12.3. The molecule has 0 aliphatic rings. The van der Waals surface area contributed by atoms with E-state index < -0.39 is 0 Å². The van der Waals surface area contributed by atoms with E-state index in [4.69, 9.17) is 5.11 Å². The van der Waals surface area contributed by atoms with E-state index in [1.807, 2.05) is 11.8 Å². The van der Waals surface area contributed by atoms with Gasteiger partial charge in [0.15, 0.2) is 0 Å². The second-order valence-electron chi connectivity index (χ2n) is 2.71. The minimum absolute atomic E-state index is 0.286. The maximum absolute atomic E-state index is 8.72. The van der Waals surface area contributed by atoms with Crippen molar-refractivity contribution in [1.29, 1.82) is 0 Å². The Morgan fingerprint density at radius 1 is 1.25 bits per heavy atom. The largest absolute Gasteiger partial charge is 0.395 e. The average molecular weight is 191 g/mol. The third kappa shape index (κ3) is 6.95. The van der Waals surface area contributed by atoms with Crippen molar-refractivity contribution in [3.63, 3.8) is 0 Å². The molecule has 74 valence electrons. The van der Waals surface area contributed by atoms with E-state index in [2.05, 4.69) is 18.7 Å². The van der Waals surface area contributed by atoms with Gasteiger partial charge in [0, 0.05) is 6.54 Å². The maximum atomic E-state index is 8.72. The van der Waals surface area contributed by atoms with Crippen molar-refractivity contribution in [2.75, 3.05) is 37.7 Å². The number of likely N-dealkylation sites (N-methyl/N-ethyl adjacent to an activating group) is 1. The number of aliphatic hydroxyl groups excluding tert-OH is 1. The van der Waals surface area contributed by atoms with Crippen LogP contribution < -0.4 is 0 Å². The second-order valence-corrected chi connectivity index (χ2v) is 4.10. The summed E-state index contributed by atoms with van der Waals surface area (Å²) < 4.78 is 0. The fourth-order valence-corrected chi connectivity index (χ4v) is 1.73. The molecule has 12 heavy (non-hydrogen) atoms. The third-order valence-corrected chi connectivity index (χ3v) is 2.82. The van der Waals surface area contributed by atoms with E-state index in [0.29, 0.717) is 0 Å². The fraction of sp³-hybridized carbons (Fsp3) is 1.00. The summed E-state index contributed by atoms with van der Waals surface area (Å²) in [5.41, 5.74) is 0. The molecule has 0 spiro atoms. The average Bonchev–Trinajstić information content (AvgIpc) is 2.10. The quantitative estimate of drug-likeness (QED) is 0.587. The highest BCUT2D eigenvalue weighted by Gasteiger charge is 1.99. The van der Waals surface area contributed by atoms with Crippen LogP contribution in [0.15, 0.2) is 0 Å². The van der Waals surface area contributed by atoms with Crippen LogP contribution in [-0.2, 0) is 0 Å². The van der Waals surface area contributed by atoms with Gasteiger partial charge in [-0.15, -0.1) is 0 Å². The van der Waals surface area contributed by atoms with Crippen LogP contribution in [0.4, 0.5) is 0 Å².